The number of aryl methyl sites for hydroxylation is 1. The molecule has 16 heavy (non-hydrogen) atoms. The summed E-state index contributed by atoms with van der Waals surface area (Å²) in [5.74, 6) is 0. The lowest BCUT2D eigenvalue weighted by molar-refractivity contribution is -0.136. The molecule has 1 heterocycles. The normalized spacial score (nSPS) is 14.1. The first-order valence-electron chi connectivity index (χ1n) is 5.19. The van der Waals surface area contributed by atoms with Crippen molar-refractivity contribution in [3.8, 4) is 0 Å². The Bertz CT molecular complexity index is 322. The molecule has 1 N–H and O–H groups in total. The Morgan fingerprint density at radius 1 is 1.50 bits per heavy atom. The van der Waals surface area contributed by atoms with Crippen LogP contribution in [-0.4, -0.2) is 21.1 Å². The number of alkyl halides is 3. The standard InChI is InChI=1S/C10H15F3N2O/c1-2-15-7-8(6-14-15)9(16)4-3-5-10(11,12)13/h6-7,9,16H,2-5H2,1H3. The van der Waals surface area contributed by atoms with Crippen molar-refractivity contribution in [2.45, 2.75) is 45.0 Å². The van der Waals surface area contributed by atoms with Crippen LogP contribution in [0.1, 0.15) is 37.9 Å². The Morgan fingerprint density at radius 2 is 2.19 bits per heavy atom. The number of aliphatic hydroxyl groups excluding tert-OH is 1. The van der Waals surface area contributed by atoms with Crippen LogP contribution in [0.4, 0.5) is 13.2 Å². The molecular formula is C10H15F3N2O. The fourth-order valence-corrected chi connectivity index (χ4v) is 1.39. The van der Waals surface area contributed by atoms with Crippen molar-refractivity contribution in [3.05, 3.63) is 18.0 Å². The summed E-state index contributed by atoms with van der Waals surface area (Å²) in [7, 11) is 0. The molecule has 0 aliphatic rings. The van der Waals surface area contributed by atoms with Gasteiger partial charge in [0.25, 0.3) is 0 Å². The van der Waals surface area contributed by atoms with E-state index in [1.807, 2.05) is 6.92 Å². The van der Waals surface area contributed by atoms with Gasteiger partial charge in [-0.1, -0.05) is 0 Å². The summed E-state index contributed by atoms with van der Waals surface area (Å²) in [6.07, 6.45) is -2.68. The zero-order valence-corrected chi connectivity index (χ0v) is 9.04. The molecular weight excluding hydrogens is 221 g/mol. The number of hydrogen-bond donors (Lipinski definition) is 1. The van der Waals surface area contributed by atoms with E-state index in [4.69, 9.17) is 0 Å². The highest BCUT2D eigenvalue weighted by Gasteiger charge is 2.26. The van der Waals surface area contributed by atoms with Crippen molar-refractivity contribution >= 4 is 0 Å². The maximum Gasteiger partial charge on any atom is 0.389 e. The number of hydrogen-bond acceptors (Lipinski definition) is 2. The van der Waals surface area contributed by atoms with Crippen molar-refractivity contribution in [2.24, 2.45) is 0 Å². The van der Waals surface area contributed by atoms with Gasteiger partial charge in [0.15, 0.2) is 0 Å². The lowest BCUT2D eigenvalue weighted by Gasteiger charge is -2.09. The molecule has 0 amide bonds. The van der Waals surface area contributed by atoms with Crippen molar-refractivity contribution in [3.63, 3.8) is 0 Å². The van der Waals surface area contributed by atoms with Crippen LogP contribution in [-0.2, 0) is 6.54 Å². The SMILES string of the molecule is CCn1cc(C(O)CCCC(F)(F)F)cn1. The molecule has 0 saturated carbocycles. The summed E-state index contributed by atoms with van der Waals surface area (Å²) in [6, 6.07) is 0. The maximum atomic E-state index is 11.9. The molecule has 0 aliphatic carbocycles. The number of halogens is 3. The zero-order valence-electron chi connectivity index (χ0n) is 9.04. The fourth-order valence-electron chi connectivity index (χ4n) is 1.39. The van der Waals surface area contributed by atoms with Gasteiger partial charge < -0.3 is 5.11 Å². The van der Waals surface area contributed by atoms with Crippen LogP contribution in [0.15, 0.2) is 12.4 Å². The smallest absolute Gasteiger partial charge is 0.388 e. The first-order valence-corrected chi connectivity index (χ1v) is 5.19. The highest BCUT2D eigenvalue weighted by Crippen LogP contribution is 2.25. The van der Waals surface area contributed by atoms with E-state index in [9.17, 15) is 18.3 Å². The lowest BCUT2D eigenvalue weighted by atomic mass is 10.1. The third kappa shape index (κ3) is 4.22. The maximum absolute atomic E-state index is 11.9. The van der Waals surface area contributed by atoms with E-state index in [2.05, 4.69) is 5.10 Å². The van der Waals surface area contributed by atoms with Gasteiger partial charge in [0.1, 0.15) is 0 Å². The van der Waals surface area contributed by atoms with Crippen LogP contribution in [0.25, 0.3) is 0 Å². The number of aromatic nitrogens is 2. The van der Waals surface area contributed by atoms with E-state index in [1.54, 1.807) is 10.9 Å². The van der Waals surface area contributed by atoms with Crippen LogP contribution in [0, 0.1) is 0 Å². The molecule has 1 aromatic heterocycles. The molecule has 0 radical (unpaired) electrons. The summed E-state index contributed by atoms with van der Waals surface area (Å²) in [6.45, 7) is 2.57. The molecule has 3 nitrogen and oxygen atoms in total. The Morgan fingerprint density at radius 3 is 2.69 bits per heavy atom. The van der Waals surface area contributed by atoms with Gasteiger partial charge in [-0.05, 0) is 19.8 Å². The van der Waals surface area contributed by atoms with E-state index in [1.165, 1.54) is 6.20 Å². The average molecular weight is 236 g/mol. The highest BCUT2D eigenvalue weighted by atomic mass is 19.4. The van der Waals surface area contributed by atoms with E-state index < -0.39 is 18.7 Å². The van der Waals surface area contributed by atoms with Gasteiger partial charge in [-0.2, -0.15) is 18.3 Å². The molecule has 92 valence electrons. The van der Waals surface area contributed by atoms with Crippen molar-refractivity contribution in [2.75, 3.05) is 0 Å². The summed E-state index contributed by atoms with van der Waals surface area (Å²) >= 11 is 0. The van der Waals surface area contributed by atoms with E-state index >= 15 is 0 Å². The summed E-state index contributed by atoms with van der Waals surface area (Å²) in [5.41, 5.74) is 0.573. The predicted octanol–water partition coefficient (Wildman–Crippen LogP) is 2.67. The second kappa shape index (κ2) is 5.34. The first-order chi connectivity index (χ1) is 7.42. The highest BCUT2D eigenvalue weighted by molar-refractivity contribution is 5.07. The largest absolute Gasteiger partial charge is 0.389 e. The van der Waals surface area contributed by atoms with Gasteiger partial charge in [0, 0.05) is 24.7 Å². The monoisotopic (exact) mass is 236 g/mol. The van der Waals surface area contributed by atoms with E-state index in [0.29, 0.717) is 12.1 Å². The van der Waals surface area contributed by atoms with Crippen LogP contribution < -0.4 is 0 Å². The van der Waals surface area contributed by atoms with E-state index in [-0.39, 0.29) is 12.8 Å². The number of aliphatic hydroxyl groups is 1. The molecule has 0 bridgehead atoms. The number of rotatable bonds is 5. The molecule has 0 fully saturated rings. The molecule has 0 aromatic carbocycles. The minimum atomic E-state index is -4.15. The van der Waals surface area contributed by atoms with Crippen molar-refractivity contribution < 1.29 is 18.3 Å². The molecule has 1 unspecified atom stereocenters. The summed E-state index contributed by atoms with van der Waals surface area (Å²) in [4.78, 5) is 0. The Hall–Kier alpha value is -1.04. The third-order valence-corrected chi connectivity index (χ3v) is 2.30. The Balaban J connectivity index is 2.37. The van der Waals surface area contributed by atoms with E-state index in [0.717, 1.165) is 0 Å². The fraction of sp³-hybridized carbons (Fsp3) is 0.700. The molecule has 0 spiro atoms. The predicted molar refractivity (Wildman–Crippen MR) is 52.8 cm³/mol. The van der Waals surface area contributed by atoms with Crippen molar-refractivity contribution in [1.82, 2.24) is 9.78 Å². The summed E-state index contributed by atoms with van der Waals surface area (Å²) < 4.78 is 37.2. The van der Waals surface area contributed by atoms with Crippen LogP contribution in [0.5, 0.6) is 0 Å². The summed E-state index contributed by atoms with van der Waals surface area (Å²) in [5, 5.41) is 13.6. The zero-order chi connectivity index (χ0) is 12.2. The van der Waals surface area contributed by atoms with Gasteiger partial charge in [0.05, 0.1) is 12.3 Å². The average Bonchev–Trinajstić information content (AvgIpc) is 2.63. The second-order valence-corrected chi connectivity index (χ2v) is 3.65. The minimum absolute atomic E-state index is 0.0675. The van der Waals surface area contributed by atoms with Crippen LogP contribution in [0.3, 0.4) is 0 Å². The third-order valence-electron chi connectivity index (χ3n) is 2.30. The molecule has 1 atom stereocenters. The topological polar surface area (TPSA) is 38.0 Å². The Labute approximate surface area is 91.9 Å². The van der Waals surface area contributed by atoms with Crippen LogP contribution >= 0.6 is 0 Å². The Kier molecular flexibility index (Phi) is 4.35. The molecule has 1 aromatic rings. The molecule has 6 heteroatoms. The molecule has 1 rings (SSSR count). The van der Waals surface area contributed by atoms with Crippen molar-refractivity contribution in [1.29, 1.82) is 0 Å². The van der Waals surface area contributed by atoms with Gasteiger partial charge >= 0.3 is 6.18 Å². The van der Waals surface area contributed by atoms with Gasteiger partial charge in [-0.15, -0.1) is 0 Å². The lowest BCUT2D eigenvalue weighted by Crippen LogP contribution is -2.07. The first kappa shape index (κ1) is 13.0. The van der Waals surface area contributed by atoms with Gasteiger partial charge in [-0.3, -0.25) is 4.68 Å². The van der Waals surface area contributed by atoms with Crippen LogP contribution in [0.2, 0.25) is 0 Å². The minimum Gasteiger partial charge on any atom is -0.388 e. The molecule has 0 aliphatic heterocycles. The van der Waals surface area contributed by atoms with Gasteiger partial charge in [0.2, 0.25) is 0 Å². The quantitative estimate of drug-likeness (QED) is 0.853. The number of nitrogens with zero attached hydrogens (tertiary/aromatic N) is 2. The van der Waals surface area contributed by atoms with Gasteiger partial charge in [-0.25, -0.2) is 0 Å². The second-order valence-electron chi connectivity index (χ2n) is 3.65. The molecule has 0 saturated heterocycles.